The highest BCUT2D eigenvalue weighted by Crippen LogP contribution is 2.41. The van der Waals surface area contributed by atoms with Crippen molar-refractivity contribution in [3.05, 3.63) is 130 Å². The lowest BCUT2D eigenvalue weighted by Crippen LogP contribution is -2.29. The number of aliphatic hydroxyl groups excluding tert-OH is 1. The fraction of sp³-hybridized carbons (Fsp3) is 0.200. The van der Waals surface area contributed by atoms with Gasteiger partial charge >= 0.3 is 0 Å². The Morgan fingerprint density at radius 1 is 0.857 bits per heavy atom. The molecule has 42 heavy (non-hydrogen) atoms. The number of aliphatic hydroxyl groups is 1. The number of rotatable bonds is 10. The zero-order chi connectivity index (χ0) is 29.6. The van der Waals surface area contributed by atoms with Gasteiger partial charge in [-0.25, -0.2) is 0 Å². The molecule has 0 radical (unpaired) electrons. The van der Waals surface area contributed by atoms with Gasteiger partial charge in [-0.1, -0.05) is 60.7 Å². The van der Waals surface area contributed by atoms with Gasteiger partial charge in [0.25, 0.3) is 11.7 Å². The molecule has 214 valence electrons. The summed E-state index contributed by atoms with van der Waals surface area (Å²) in [6.45, 7) is 4.81. The first kappa shape index (κ1) is 28.5. The molecule has 0 aromatic heterocycles. The van der Waals surface area contributed by atoms with E-state index in [1.807, 2.05) is 80.6 Å². The van der Waals surface area contributed by atoms with Gasteiger partial charge < -0.3 is 24.2 Å². The van der Waals surface area contributed by atoms with Crippen LogP contribution in [0.2, 0.25) is 0 Å². The molecule has 1 atom stereocenters. The molecule has 7 nitrogen and oxygen atoms in total. The minimum Gasteiger partial charge on any atom is -0.507 e. The summed E-state index contributed by atoms with van der Waals surface area (Å²) in [5.41, 5.74) is 3.69. The van der Waals surface area contributed by atoms with E-state index in [0.29, 0.717) is 41.6 Å². The zero-order valence-corrected chi connectivity index (χ0v) is 23.9. The fourth-order valence-corrected chi connectivity index (χ4v) is 5.17. The predicted octanol–water partition coefficient (Wildman–Crippen LogP) is 6.60. The van der Waals surface area contributed by atoms with Crippen LogP contribution in [0.4, 0.5) is 0 Å². The molecule has 1 saturated heterocycles. The van der Waals surface area contributed by atoms with E-state index in [9.17, 15) is 14.7 Å². The number of benzene rings is 4. The van der Waals surface area contributed by atoms with Crippen molar-refractivity contribution in [2.75, 3.05) is 13.7 Å². The van der Waals surface area contributed by atoms with Crippen LogP contribution in [0.1, 0.15) is 40.8 Å². The van der Waals surface area contributed by atoms with E-state index in [1.165, 1.54) is 4.90 Å². The first-order valence-corrected chi connectivity index (χ1v) is 13.8. The van der Waals surface area contributed by atoms with Crippen LogP contribution in [-0.2, 0) is 22.7 Å². The Morgan fingerprint density at radius 3 is 2.26 bits per heavy atom. The predicted molar refractivity (Wildman–Crippen MR) is 160 cm³/mol. The van der Waals surface area contributed by atoms with E-state index in [2.05, 4.69) is 0 Å². The normalized spacial score (nSPS) is 16.0. The van der Waals surface area contributed by atoms with Gasteiger partial charge in [0.05, 0.1) is 31.9 Å². The number of likely N-dealkylation sites (tertiary alicyclic amines) is 1. The quantitative estimate of drug-likeness (QED) is 0.133. The number of para-hydroxylation sites is 1. The van der Waals surface area contributed by atoms with E-state index < -0.39 is 17.7 Å². The van der Waals surface area contributed by atoms with Crippen LogP contribution < -0.4 is 14.2 Å². The molecule has 0 bridgehead atoms. The summed E-state index contributed by atoms with van der Waals surface area (Å²) in [5.74, 6) is 0.253. The lowest BCUT2D eigenvalue weighted by atomic mass is 9.94. The second kappa shape index (κ2) is 12.6. The molecule has 4 aromatic carbocycles. The van der Waals surface area contributed by atoms with Crippen molar-refractivity contribution in [3.8, 4) is 17.2 Å². The number of carbonyl (C=O) groups is 2. The lowest BCUT2D eigenvalue weighted by Gasteiger charge is -2.26. The molecule has 1 amide bonds. The van der Waals surface area contributed by atoms with Crippen molar-refractivity contribution in [2.24, 2.45) is 0 Å². The molecule has 7 heteroatoms. The molecule has 1 heterocycles. The summed E-state index contributed by atoms with van der Waals surface area (Å²) < 4.78 is 17.1. The minimum absolute atomic E-state index is 0.0245. The van der Waals surface area contributed by atoms with Crippen molar-refractivity contribution >= 4 is 17.4 Å². The molecule has 1 aliphatic heterocycles. The first-order valence-electron chi connectivity index (χ1n) is 13.8. The number of hydrogen-bond acceptors (Lipinski definition) is 6. The number of hydrogen-bond donors (Lipinski definition) is 1. The zero-order valence-electron chi connectivity index (χ0n) is 23.9. The Bertz CT molecular complexity index is 1610. The number of amides is 1. The molecule has 1 fully saturated rings. The summed E-state index contributed by atoms with van der Waals surface area (Å²) in [7, 11) is 1.56. The van der Waals surface area contributed by atoms with Crippen molar-refractivity contribution < 1.29 is 28.9 Å². The molecule has 4 aromatic rings. The van der Waals surface area contributed by atoms with Crippen molar-refractivity contribution in [1.82, 2.24) is 4.90 Å². The van der Waals surface area contributed by atoms with Gasteiger partial charge in [-0.3, -0.25) is 9.59 Å². The highest BCUT2D eigenvalue weighted by molar-refractivity contribution is 6.46. The van der Waals surface area contributed by atoms with Gasteiger partial charge in [0.15, 0.2) is 0 Å². The van der Waals surface area contributed by atoms with Gasteiger partial charge in [-0.2, -0.15) is 0 Å². The van der Waals surface area contributed by atoms with Gasteiger partial charge in [0.1, 0.15) is 29.6 Å². The average molecular weight is 564 g/mol. The Kier molecular flexibility index (Phi) is 8.58. The van der Waals surface area contributed by atoms with Gasteiger partial charge in [-0.05, 0) is 66.9 Å². The summed E-state index contributed by atoms with van der Waals surface area (Å²) >= 11 is 0. The van der Waals surface area contributed by atoms with E-state index in [1.54, 1.807) is 37.4 Å². The SMILES string of the molecule is CCOc1ccc(C2/C(=C(/O)c3ccc(OCc4ccccc4)c(C)c3)C(=O)C(=O)N2Cc2ccccc2OC)cc1. The smallest absolute Gasteiger partial charge is 0.295 e. The molecular formula is C35H33NO6. The molecule has 0 spiro atoms. The maximum Gasteiger partial charge on any atom is 0.295 e. The van der Waals surface area contributed by atoms with E-state index in [0.717, 1.165) is 16.7 Å². The summed E-state index contributed by atoms with van der Waals surface area (Å²) in [5, 5.41) is 11.6. The van der Waals surface area contributed by atoms with E-state index >= 15 is 0 Å². The van der Waals surface area contributed by atoms with Crippen LogP contribution in [0.3, 0.4) is 0 Å². The molecular weight excluding hydrogens is 530 g/mol. The highest BCUT2D eigenvalue weighted by atomic mass is 16.5. The fourth-order valence-electron chi connectivity index (χ4n) is 5.17. The van der Waals surface area contributed by atoms with Crippen LogP contribution in [0.25, 0.3) is 5.76 Å². The minimum atomic E-state index is -0.820. The maximum atomic E-state index is 13.5. The third-order valence-electron chi connectivity index (χ3n) is 7.27. The molecule has 1 aliphatic rings. The molecule has 0 saturated carbocycles. The largest absolute Gasteiger partial charge is 0.507 e. The van der Waals surface area contributed by atoms with Crippen LogP contribution in [0.15, 0.2) is 103 Å². The monoisotopic (exact) mass is 563 g/mol. The number of methoxy groups -OCH3 is 1. The van der Waals surface area contributed by atoms with Crippen LogP contribution >= 0.6 is 0 Å². The third kappa shape index (κ3) is 5.86. The standard InChI is InChI=1S/C35H33NO6/c1-4-41-28-17-14-25(15-18-28)32-31(34(38)35(39)36(32)21-27-12-8-9-13-30(27)40-3)33(37)26-16-19-29(23(2)20-26)42-22-24-10-6-5-7-11-24/h5-20,32,37H,4,21-22H2,1-3H3/b33-31-. The van der Waals surface area contributed by atoms with Gasteiger partial charge in [0.2, 0.25) is 0 Å². The number of carbonyl (C=O) groups excluding carboxylic acids is 2. The van der Waals surface area contributed by atoms with Crippen molar-refractivity contribution in [2.45, 2.75) is 33.0 Å². The summed E-state index contributed by atoms with van der Waals surface area (Å²) in [6, 6.07) is 28.8. The molecule has 0 aliphatic carbocycles. The van der Waals surface area contributed by atoms with E-state index in [-0.39, 0.29) is 17.9 Å². The number of Topliss-reactive ketones (excluding diaryl/α,β-unsaturated/α-hetero) is 1. The second-order valence-corrected chi connectivity index (χ2v) is 10.00. The molecule has 5 rings (SSSR count). The van der Waals surface area contributed by atoms with Crippen molar-refractivity contribution in [3.63, 3.8) is 0 Å². The molecule has 1 N–H and O–H groups in total. The summed E-state index contributed by atoms with van der Waals surface area (Å²) in [6.07, 6.45) is 0. The number of ether oxygens (including phenoxy) is 3. The Balaban J connectivity index is 1.53. The van der Waals surface area contributed by atoms with Crippen LogP contribution in [0, 0.1) is 6.92 Å². The topological polar surface area (TPSA) is 85.3 Å². The first-order chi connectivity index (χ1) is 20.4. The maximum absolute atomic E-state index is 13.5. The van der Waals surface area contributed by atoms with Crippen LogP contribution in [-0.4, -0.2) is 35.4 Å². The average Bonchev–Trinajstić information content (AvgIpc) is 3.26. The summed E-state index contributed by atoms with van der Waals surface area (Å²) in [4.78, 5) is 28.5. The van der Waals surface area contributed by atoms with Crippen LogP contribution in [0.5, 0.6) is 17.2 Å². The Labute approximate surface area is 245 Å². The number of ketones is 1. The van der Waals surface area contributed by atoms with Gasteiger partial charge in [0, 0.05) is 11.1 Å². The van der Waals surface area contributed by atoms with E-state index in [4.69, 9.17) is 14.2 Å². The lowest BCUT2D eigenvalue weighted by molar-refractivity contribution is -0.140. The van der Waals surface area contributed by atoms with Crippen molar-refractivity contribution in [1.29, 1.82) is 0 Å². The Hall–Kier alpha value is -5.04. The van der Waals surface area contributed by atoms with Gasteiger partial charge in [-0.15, -0.1) is 0 Å². The molecule has 1 unspecified atom stereocenters. The second-order valence-electron chi connectivity index (χ2n) is 10.00. The third-order valence-corrected chi connectivity index (χ3v) is 7.27. The number of aryl methyl sites for hydroxylation is 1. The number of nitrogens with zero attached hydrogens (tertiary/aromatic N) is 1. The highest BCUT2D eigenvalue weighted by Gasteiger charge is 2.46. The Morgan fingerprint density at radius 2 is 1.57 bits per heavy atom.